The van der Waals surface area contributed by atoms with Crippen LogP contribution in [0.3, 0.4) is 0 Å². The van der Waals surface area contributed by atoms with Crippen LogP contribution in [0.25, 0.3) is 0 Å². The predicted octanol–water partition coefficient (Wildman–Crippen LogP) is 2.02. The molecule has 1 rings (SSSR count). The van der Waals surface area contributed by atoms with Gasteiger partial charge in [0.1, 0.15) is 4.90 Å². The second-order valence-electron chi connectivity index (χ2n) is 4.87. The van der Waals surface area contributed by atoms with Crippen LogP contribution < -0.4 is 0 Å². The zero-order chi connectivity index (χ0) is 15.5. The molecule has 0 radical (unpaired) electrons. The van der Waals surface area contributed by atoms with Gasteiger partial charge in [0.15, 0.2) is 5.69 Å². The highest BCUT2D eigenvalue weighted by Gasteiger charge is 2.29. The van der Waals surface area contributed by atoms with E-state index < -0.39 is 15.0 Å². The van der Waals surface area contributed by atoms with Gasteiger partial charge in [0, 0.05) is 24.3 Å². The third-order valence-electron chi connectivity index (χ3n) is 3.22. The fraction of sp³-hybridized carbons (Fsp3) is 0.667. The molecule has 1 amide bonds. The molecule has 0 fully saturated rings. The molecule has 1 heterocycles. The molecule has 1 aromatic heterocycles. The molecular formula is C12H20ClN3O3S. The molecular weight excluding hydrogens is 302 g/mol. The molecule has 0 spiro atoms. The number of carbonyl (C=O) groups excluding carboxylic acids is 1. The number of aromatic amines is 1. The van der Waals surface area contributed by atoms with Gasteiger partial charge in [0.25, 0.3) is 15.0 Å². The lowest BCUT2D eigenvalue weighted by molar-refractivity contribution is 0.0765. The Morgan fingerprint density at radius 2 is 2.05 bits per heavy atom. The molecule has 114 valence electrons. The van der Waals surface area contributed by atoms with Crippen LogP contribution in [0.5, 0.6) is 0 Å². The Morgan fingerprint density at radius 3 is 2.50 bits per heavy atom. The number of H-pyrrole nitrogens is 1. The van der Waals surface area contributed by atoms with Gasteiger partial charge in [-0.2, -0.15) is 5.10 Å². The first-order valence-electron chi connectivity index (χ1n) is 6.49. The van der Waals surface area contributed by atoms with Crippen LogP contribution in [0.1, 0.15) is 43.4 Å². The van der Waals surface area contributed by atoms with Crippen LogP contribution in [0.2, 0.25) is 0 Å². The van der Waals surface area contributed by atoms with Crippen molar-refractivity contribution in [2.24, 2.45) is 5.92 Å². The highest BCUT2D eigenvalue weighted by Crippen LogP contribution is 2.24. The fourth-order valence-electron chi connectivity index (χ4n) is 1.88. The van der Waals surface area contributed by atoms with Crippen molar-refractivity contribution in [3.8, 4) is 0 Å². The van der Waals surface area contributed by atoms with Crippen molar-refractivity contribution in [2.75, 3.05) is 13.6 Å². The zero-order valence-electron chi connectivity index (χ0n) is 12.1. The highest BCUT2D eigenvalue weighted by atomic mass is 35.7. The normalized spacial score (nSPS) is 13.2. The van der Waals surface area contributed by atoms with Gasteiger partial charge in [-0.05, 0) is 12.3 Å². The van der Waals surface area contributed by atoms with Crippen molar-refractivity contribution in [2.45, 2.75) is 38.5 Å². The summed E-state index contributed by atoms with van der Waals surface area (Å²) in [6.45, 7) is 6.34. The van der Waals surface area contributed by atoms with E-state index in [0.717, 1.165) is 6.42 Å². The van der Waals surface area contributed by atoms with E-state index >= 15 is 0 Å². The zero-order valence-corrected chi connectivity index (χ0v) is 13.7. The maximum Gasteiger partial charge on any atom is 0.275 e. The Labute approximate surface area is 123 Å². The number of nitrogens with zero attached hydrogens (tertiary/aromatic N) is 2. The summed E-state index contributed by atoms with van der Waals surface area (Å²) < 4.78 is 23.3. The van der Waals surface area contributed by atoms with Crippen molar-refractivity contribution in [1.29, 1.82) is 0 Å². The van der Waals surface area contributed by atoms with E-state index in [4.69, 9.17) is 10.7 Å². The molecule has 0 aromatic carbocycles. The lowest BCUT2D eigenvalue weighted by atomic mass is 10.1. The van der Waals surface area contributed by atoms with Gasteiger partial charge >= 0.3 is 0 Å². The largest absolute Gasteiger partial charge is 0.340 e. The lowest BCUT2D eigenvalue weighted by Gasteiger charge is -2.20. The van der Waals surface area contributed by atoms with Crippen molar-refractivity contribution < 1.29 is 13.2 Å². The quantitative estimate of drug-likeness (QED) is 0.812. The second-order valence-corrected chi connectivity index (χ2v) is 7.37. The molecule has 1 aromatic rings. The smallest absolute Gasteiger partial charge is 0.275 e. The highest BCUT2D eigenvalue weighted by molar-refractivity contribution is 8.13. The van der Waals surface area contributed by atoms with Crippen molar-refractivity contribution in [3.63, 3.8) is 0 Å². The van der Waals surface area contributed by atoms with Crippen LogP contribution in [-0.2, 0) is 15.5 Å². The molecule has 1 unspecified atom stereocenters. The summed E-state index contributed by atoms with van der Waals surface area (Å²) in [6.07, 6.45) is 1.33. The number of hydrogen-bond acceptors (Lipinski definition) is 4. The van der Waals surface area contributed by atoms with Crippen molar-refractivity contribution in [3.05, 3.63) is 11.4 Å². The van der Waals surface area contributed by atoms with E-state index in [1.54, 1.807) is 14.0 Å². The SMILES string of the molecule is CCc1[nH]nc(C(=O)N(C)CC(C)CC)c1S(=O)(=O)Cl. The van der Waals surface area contributed by atoms with Crippen LogP contribution in [-0.4, -0.2) is 43.0 Å². The predicted molar refractivity (Wildman–Crippen MR) is 77.4 cm³/mol. The summed E-state index contributed by atoms with van der Waals surface area (Å²) in [5.74, 6) is -0.120. The second kappa shape index (κ2) is 6.58. The maximum atomic E-state index is 12.3. The topological polar surface area (TPSA) is 83.1 Å². The van der Waals surface area contributed by atoms with E-state index in [1.165, 1.54) is 4.90 Å². The average molecular weight is 322 g/mol. The number of halogens is 1. The number of carbonyl (C=O) groups is 1. The summed E-state index contributed by atoms with van der Waals surface area (Å²) in [6, 6.07) is 0. The first-order valence-corrected chi connectivity index (χ1v) is 8.80. The molecule has 0 aliphatic heterocycles. The molecule has 1 N–H and O–H groups in total. The lowest BCUT2D eigenvalue weighted by Crippen LogP contribution is -2.32. The first kappa shape index (κ1) is 17.0. The van der Waals surface area contributed by atoms with E-state index in [2.05, 4.69) is 10.2 Å². The van der Waals surface area contributed by atoms with Gasteiger partial charge in [-0.25, -0.2) is 8.42 Å². The van der Waals surface area contributed by atoms with Gasteiger partial charge in [-0.1, -0.05) is 27.2 Å². The minimum absolute atomic E-state index is 0.136. The third-order valence-corrected chi connectivity index (χ3v) is 4.61. The van der Waals surface area contributed by atoms with Crippen LogP contribution in [0.15, 0.2) is 4.90 Å². The van der Waals surface area contributed by atoms with Gasteiger partial charge in [0.05, 0.1) is 5.69 Å². The van der Waals surface area contributed by atoms with Crippen molar-refractivity contribution in [1.82, 2.24) is 15.1 Å². The summed E-state index contributed by atoms with van der Waals surface area (Å²) >= 11 is 0. The number of hydrogen-bond donors (Lipinski definition) is 1. The molecule has 0 aliphatic carbocycles. The Bertz CT molecular complexity index is 583. The monoisotopic (exact) mass is 321 g/mol. The molecule has 1 atom stereocenters. The van der Waals surface area contributed by atoms with Crippen LogP contribution in [0, 0.1) is 5.92 Å². The van der Waals surface area contributed by atoms with Crippen LogP contribution >= 0.6 is 10.7 Å². The van der Waals surface area contributed by atoms with Gasteiger partial charge in [-0.15, -0.1) is 0 Å². The van der Waals surface area contributed by atoms with E-state index in [-0.39, 0.29) is 10.6 Å². The first-order chi connectivity index (χ1) is 9.22. The van der Waals surface area contributed by atoms with E-state index in [0.29, 0.717) is 24.6 Å². The Morgan fingerprint density at radius 1 is 1.45 bits per heavy atom. The summed E-state index contributed by atoms with van der Waals surface area (Å²) in [5.41, 5.74) is 0.211. The molecule has 6 nitrogen and oxygen atoms in total. The molecule has 0 aliphatic rings. The third kappa shape index (κ3) is 3.73. The molecule has 0 saturated carbocycles. The Hall–Kier alpha value is -1.08. The van der Waals surface area contributed by atoms with E-state index in [9.17, 15) is 13.2 Å². The molecule has 0 saturated heterocycles. The summed E-state index contributed by atoms with van der Waals surface area (Å²) in [7, 11) is 3.02. The number of nitrogens with one attached hydrogen (secondary N) is 1. The van der Waals surface area contributed by atoms with E-state index in [1.807, 2.05) is 13.8 Å². The molecule has 20 heavy (non-hydrogen) atoms. The summed E-state index contributed by atoms with van der Waals surface area (Å²) in [5, 5.41) is 6.40. The van der Waals surface area contributed by atoms with Gasteiger partial charge in [0.2, 0.25) is 0 Å². The number of amides is 1. The van der Waals surface area contributed by atoms with Crippen LogP contribution in [0.4, 0.5) is 0 Å². The number of aryl methyl sites for hydroxylation is 1. The van der Waals surface area contributed by atoms with Crippen molar-refractivity contribution >= 4 is 25.6 Å². The molecule has 8 heteroatoms. The minimum atomic E-state index is -4.01. The maximum absolute atomic E-state index is 12.3. The number of rotatable bonds is 6. The summed E-state index contributed by atoms with van der Waals surface area (Å²) in [4.78, 5) is 13.6. The standard InChI is InChI=1S/C12H20ClN3O3S/c1-5-8(3)7-16(4)12(17)10-11(20(13,18)19)9(6-2)14-15-10/h8H,5-7H2,1-4H3,(H,14,15). The van der Waals surface area contributed by atoms with Gasteiger partial charge < -0.3 is 4.90 Å². The Balaban J connectivity index is 3.14. The Kier molecular flexibility index (Phi) is 5.59. The average Bonchev–Trinajstić information content (AvgIpc) is 2.81. The molecule has 0 bridgehead atoms. The fourth-order valence-corrected chi connectivity index (χ4v) is 3.22. The minimum Gasteiger partial charge on any atom is -0.340 e. The van der Waals surface area contributed by atoms with Gasteiger partial charge in [-0.3, -0.25) is 9.89 Å². The number of aromatic nitrogens is 2.